The molecule has 2 aromatic carbocycles. The summed E-state index contributed by atoms with van der Waals surface area (Å²) in [6.07, 6.45) is 3.57. The molecule has 3 aromatic rings. The number of amides is 2. The maximum atomic E-state index is 12.5. The van der Waals surface area contributed by atoms with E-state index in [1.165, 1.54) is 47.9 Å². The van der Waals surface area contributed by atoms with Crippen LogP contribution in [0.15, 0.2) is 53.6 Å². The van der Waals surface area contributed by atoms with E-state index in [-0.39, 0.29) is 34.2 Å². The number of nitrogens with zero attached hydrogens (tertiary/aromatic N) is 2. The van der Waals surface area contributed by atoms with Gasteiger partial charge in [0.15, 0.2) is 0 Å². The molecule has 2 N–H and O–H groups in total. The first-order valence-corrected chi connectivity index (χ1v) is 12.6. The fourth-order valence-electron chi connectivity index (χ4n) is 3.84. The van der Waals surface area contributed by atoms with Crippen molar-refractivity contribution in [2.45, 2.75) is 26.2 Å². The molecule has 2 amide bonds. The second-order valence-corrected chi connectivity index (χ2v) is 9.27. The molecule has 0 unspecified atom stereocenters. The molecule has 13 heteroatoms. The number of carbonyl (C=O) groups is 4. The van der Waals surface area contributed by atoms with E-state index in [1.54, 1.807) is 25.1 Å². The van der Waals surface area contributed by atoms with Crippen molar-refractivity contribution in [2.24, 2.45) is 5.10 Å². The normalized spacial score (nSPS) is 12.0. The quantitative estimate of drug-likeness (QED) is 0.107. The third kappa shape index (κ3) is 6.33. The summed E-state index contributed by atoms with van der Waals surface area (Å²) in [4.78, 5) is 61.0. The summed E-state index contributed by atoms with van der Waals surface area (Å²) >= 11 is 1.24. The maximum absolute atomic E-state index is 12.5. The third-order valence-electron chi connectivity index (χ3n) is 5.64. The number of nitro benzene ring substituents is 1. The Hall–Kier alpha value is -4.91. The number of esters is 2. The second kappa shape index (κ2) is 12.1. The predicted octanol–water partition coefficient (Wildman–Crippen LogP) is 3.63. The summed E-state index contributed by atoms with van der Waals surface area (Å²) in [6, 6.07) is 11.2. The molecule has 0 bridgehead atoms. The van der Waals surface area contributed by atoms with Crippen LogP contribution in [0.2, 0.25) is 0 Å². The van der Waals surface area contributed by atoms with Crippen molar-refractivity contribution < 1.29 is 33.6 Å². The van der Waals surface area contributed by atoms with Crippen LogP contribution in [0, 0.1) is 10.1 Å². The van der Waals surface area contributed by atoms with E-state index in [4.69, 9.17) is 9.47 Å². The summed E-state index contributed by atoms with van der Waals surface area (Å²) in [5.74, 6) is -3.29. The molecule has 0 saturated heterocycles. The van der Waals surface area contributed by atoms with Crippen molar-refractivity contribution in [3.63, 3.8) is 0 Å². The molecule has 0 atom stereocenters. The van der Waals surface area contributed by atoms with Gasteiger partial charge in [-0.15, -0.1) is 11.3 Å². The number of nitro groups is 1. The van der Waals surface area contributed by atoms with Crippen molar-refractivity contribution in [1.29, 1.82) is 0 Å². The van der Waals surface area contributed by atoms with Gasteiger partial charge in [-0.3, -0.25) is 19.7 Å². The van der Waals surface area contributed by atoms with Crippen molar-refractivity contribution in [3.8, 4) is 5.75 Å². The molecule has 0 radical (unpaired) electrons. The Morgan fingerprint density at radius 3 is 2.51 bits per heavy atom. The van der Waals surface area contributed by atoms with Gasteiger partial charge in [-0.2, -0.15) is 5.10 Å². The number of carbonyl (C=O) groups excluding carboxylic acids is 4. The second-order valence-electron chi connectivity index (χ2n) is 8.17. The Balaban J connectivity index is 1.40. The van der Waals surface area contributed by atoms with E-state index in [2.05, 4.69) is 15.8 Å². The highest BCUT2D eigenvalue weighted by Crippen LogP contribution is 2.39. The topological polar surface area (TPSA) is 166 Å². The highest BCUT2D eigenvalue weighted by Gasteiger charge is 2.29. The molecule has 12 nitrogen and oxygen atoms in total. The van der Waals surface area contributed by atoms with Crippen molar-refractivity contribution in [1.82, 2.24) is 5.43 Å². The zero-order chi connectivity index (χ0) is 27.9. The van der Waals surface area contributed by atoms with Crippen LogP contribution in [-0.4, -0.2) is 41.5 Å². The molecule has 0 spiro atoms. The van der Waals surface area contributed by atoms with Gasteiger partial charge >= 0.3 is 23.8 Å². The first-order chi connectivity index (χ1) is 18.8. The van der Waals surface area contributed by atoms with E-state index >= 15 is 0 Å². The van der Waals surface area contributed by atoms with E-state index in [1.807, 2.05) is 0 Å². The van der Waals surface area contributed by atoms with Crippen LogP contribution in [0.3, 0.4) is 0 Å². The highest BCUT2D eigenvalue weighted by atomic mass is 32.1. The van der Waals surface area contributed by atoms with Crippen LogP contribution in [0.5, 0.6) is 5.75 Å². The molecule has 0 aliphatic heterocycles. The number of ether oxygens (including phenoxy) is 2. The highest BCUT2D eigenvalue weighted by molar-refractivity contribution is 7.17. The molecule has 39 heavy (non-hydrogen) atoms. The molecule has 4 rings (SSSR count). The zero-order valence-corrected chi connectivity index (χ0v) is 21.4. The number of hydrogen-bond acceptors (Lipinski definition) is 10. The summed E-state index contributed by atoms with van der Waals surface area (Å²) < 4.78 is 10.5. The van der Waals surface area contributed by atoms with Gasteiger partial charge in [0.05, 0.1) is 28.9 Å². The van der Waals surface area contributed by atoms with Gasteiger partial charge in [-0.25, -0.2) is 15.0 Å². The first kappa shape index (κ1) is 27.1. The third-order valence-corrected chi connectivity index (χ3v) is 6.85. The molecule has 1 heterocycles. The fourth-order valence-corrected chi connectivity index (χ4v) is 5.11. The number of hydrazone groups is 1. The number of nitrogens with one attached hydrogen (secondary N) is 2. The van der Waals surface area contributed by atoms with Gasteiger partial charge in [-0.05, 0) is 56.0 Å². The Morgan fingerprint density at radius 2 is 1.79 bits per heavy atom. The van der Waals surface area contributed by atoms with Crippen LogP contribution in [0.1, 0.15) is 50.1 Å². The lowest BCUT2D eigenvalue weighted by molar-refractivity contribution is -0.384. The summed E-state index contributed by atoms with van der Waals surface area (Å²) in [5, 5.41) is 17.3. The lowest BCUT2D eigenvalue weighted by atomic mass is 10.1. The number of aryl methyl sites for hydroxylation is 1. The lowest BCUT2D eigenvalue weighted by Crippen LogP contribution is -2.32. The van der Waals surface area contributed by atoms with Gasteiger partial charge < -0.3 is 14.8 Å². The van der Waals surface area contributed by atoms with Crippen LogP contribution >= 0.6 is 11.3 Å². The van der Waals surface area contributed by atoms with Crippen LogP contribution in [-0.2, 0) is 27.2 Å². The molecule has 0 fully saturated rings. The molecule has 200 valence electrons. The molecular weight excluding hydrogens is 528 g/mol. The average Bonchev–Trinajstić information content (AvgIpc) is 3.50. The molecule has 1 aliphatic rings. The van der Waals surface area contributed by atoms with Gasteiger partial charge in [0.25, 0.3) is 5.69 Å². The number of anilines is 1. The molecule has 1 aromatic heterocycles. The number of rotatable bonds is 8. The van der Waals surface area contributed by atoms with E-state index in [9.17, 15) is 29.3 Å². The van der Waals surface area contributed by atoms with Gasteiger partial charge in [-0.1, -0.05) is 12.1 Å². The van der Waals surface area contributed by atoms with Crippen LogP contribution < -0.4 is 15.5 Å². The summed E-state index contributed by atoms with van der Waals surface area (Å²) in [6.45, 7) is 1.86. The molecular formula is C26H22N4O8S. The minimum absolute atomic E-state index is 0.0963. The standard InChI is InChI=1S/C26H22N4O8S/c1-2-37-26(34)21-18-7-5-9-20(18)39-24(21)28-22(31)23(32)29-27-14-16-6-3-4-8-19(16)38-25(33)15-10-12-17(13-11-15)30(35)36/h3-4,6,8,10-14H,2,5,7,9H2,1H3,(H,28,31)(H,29,32)/b27-14+. The Morgan fingerprint density at radius 1 is 1.05 bits per heavy atom. The van der Waals surface area contributed by atoms with Crippen LogP contribution in [0.4, 0.5) is 10.7 Å². The summed E-state index contributed by atoms with van der Waals surface area (Å²) in [5.41, 5.74) is 3.47. The fraction of sp³-hybridized carbons (Fsp3) is 0.192. The van der Waals surface area contributed by atoms with E-state index < -0.39 is 28.7 Å². The number of non-ortho nitro benzene ring substituents is 1. The Bertz CT molecular complexity index is 1480. The van der Waals surface area contributed by atoms with E-state index in [0.717, 1.165) is 23.3 Å². The minimum atomic E-state index is -1.07. The lowest BCUT2D eigenvalue weighted by Gasteiger charge is -2.08. The minimum Gasteiger partial charge on any atom is -0.462 e. The van der Waals surface area contributed by atoms with Gasteiger partial charge in [0.1, 0.15) is 10.8 Å². The SMILES string of the molecule is CCOC(=O)c1c(NC(=O)C(=O)N/N=C/c2ccccc2OC(=O)c2ccc([N+](=O)[O-])cc2)sc2c1CCC2. The predicted molar refractivity (Wildman–Crippen MR) is 141 cm³/mol. The van der Waals surface area contributed by atoms with Gasteiger partial charge in [0.2, 0.25) is 0 Å². The van der Waals surface area contributed by atoms with E-state index in [0.29, 0.717) is 12.0 Å². The largest absolute Gasteiger partial charge is 0.462 e. The first-order valence-electron chi connectivity index (χ1n) is 11.8. The number of thiophene rings is 1. The average molecular weight is 551 g/mol. The molecule has 0 saturated carbocycles. The van der Waals surface area contributed by atoms with Crippen LogP contribution in [0.25, 0.3) is 0 Å². The molecule has 1 aliphatic carbocycles. The monoisotopic (exact) mass is 550 g/mol. The number of para-hydroxylation sites is 1. The Labute approximate surface area is 225 Å². The van der Waals surface area contributed by atoms with Crippen molar-refractivity contribution in [3.05, 3.63) is 85.8 Å². The summed E-state index contributed by atoms with van der Waals surface area (Å²) in [7, 11) is 0. The number of benzene rings is 2. The number of hydrogen-bond donors (Lipinski definition) is 2. The smallest absolute Gasteiger partial charge is 0.343 e. The number of fused-ring (bicyclic) bond motifs is 1. The van der Waals surface area contributed by atoms with Gasteiger partial charge in [0, 0.05) is 22.6 Å². The van der Waals surface area contributed by atoms with Crippen molar-refractivity contribution in [2.75, 3.05) is 11.9 Å². The van der Waals surface area contributed by atoms with Crippen molar-refractivity contribution >= 4 is 52.0 Å². The Kier molecular flexibility index (Phi) is 8.41. The zero-order valence-electron chi connectivity index (χ0n) is 20.6. The maximum Gasteiger partial charge on any atom is 0.343 e.